The topological polar surface area (TPSA) is 29.3 Å². The maximum absolute atomic E-state index is 5.41. The predicted molar refractivity (Wildman–Crippen MR) is 62.3 cm³/mol. The van der Waals surface area contributed by atoms with Crippen molar-refractivity contribution in [2.45, 2.75) is 33.1 Å². The van der Waals surface area contributed by atoms with E-state index in [1.165, 1.54) is 32.4 Å². The van der Waals surface area contributed by atoms with Crippen molar-refractivity contribution >= 4 is 0 Å². The summed E-state index contributed by atoms with van der Waals surface area (Å²) in [6.45, 7) is 8.93. The van der Waals surface area contributed by atoms with Gasteiger partial charge in [0.05, 0.1) is 0 Å². The van der Waals surface area contributed by atoms with Gasteiger partial charge in [-0.25, -0.2) is 0 Å². The third-order valence-electron chi connectivity index (χ3n) is 3.68. The Morgan fingerprint density at radius 2 is 2.00 bits per heavy atom. The second kappa shape index (κ2) is 5.52. The van der Waals surface area contributed by atoms with Crippen LogP contribution in [0.25, 0.3) is 0 Å². The smallest absolute Gasteiger partial charge is 0.0163 e. The summed E-state index contributed by atoms with van der Waals surface area (Å²) < 4.78 is 0. The lowest BCUT2D eigenvalue weighted by molar-refractivity contribution is 0.251. The van der Waals surface area contributed by atoms with Crippen LogP contribution >= 0.6 is 0 Å². The van der Waals surface area contributed by atoms with Gasteiger partial charge in [0.25, 0.3) is 0 Å². The largest absolute Gasteiger partial charge is 0.327 e. The second-order valence-electron chi connectivity index (χ2n) is 4.40. The predicted octanol–water partition coefficient (Wildman–Crippen LogP) is 2.01. The lowest BCUT2D eigenvalue weighted by atomic mass is 9.82. The average molecular weight is 196 g/mol. The van der Waals surface area contributed by atoms with Crippen LogP contribution in [-0.4, -0.2) is 31.1 Å². The minimum absolute atomic E-state index is 0.608. The lowest BCUT2D eigenvalue weighted by Gasteiger charge is -2.26. The fourth-order valence-corrected chi connectivity index (χ4v) is 2.33. The molecule has 1 aliphatic heterocycles. The highest BCUT2D eigenvalue weighted by Gasteiger charge is 2.33. The zero-order chi connectivity index (χ0) is 10.4. The molecule has 0 aromatic heterocycles. The molecule has 0 unspecified atom stereocenters. The summed E-state index contributed by atoms with van der Waals surface area (Å²) in [6.07, 6.45) is 8.26. The molecule has 0 atom stereocenters. The Morgan fingerprint density at radius 3 is 2.50 bits per heavy atom. The average Bonchev–Trinajstić information content (AvgIpc) is 2.63. The lowest BCUT2D eigenvalue weighted by Crippen LogP contribution is -2.26. The van der Waals surface area contributed by atoms with Crippen LogP contribution < -0.4 is 5.73 Å². The van der Waals surface area contributed by atoms with Crippen LogP contribution in [0.15, 0.2) is 12.2 Å². The molecule has 1 rings (SSSR count). The summed E-state index contributed by atoms with van der Waals surface area (Å²) in [7, 11) is 0. The molecule has 1 aliphatic rings. The summed E-state index contributed by atoms with van der Waals surface area (Å²) in [5.74, 6) is 0. The van der Waals surface area contributed by atoms with Crippen LogP contribution in [0.5, 0.6) is 0 Å². The summed E-state index contributed by atoms with van der Waals surface area (Å²) >= 11 is 0. The molecule has 2 N–H and O–H groups in total. The molecule has 0 amide bonds. The zero-order valence-corrected chi connectivity index (χ0v) is 9.63. The molecular formula is C12H24N2. The molecule has 0 bridgehead atoms. The van der Waals surface area contributed by atoms with E-state index < -0.39 is 0 Å². The standard InChI is InChI=1S/C12H24N2/c1-3-12(4-2)7-10-14(11-12)9-6-5-8-13/h5-6H,3-4,7-11,13H2,1-2H3. The van der Waals surface area contributed by atoms with E-state index >= 15 is 0 Å². The van der Waals surface area contributed by atoms with E-state index in [-0.39, 0.29) is 0 Å². The monoisotopic (exact) mass is 196 g/mol. The maximum atomic E-state index is 5.41. The molecule has 1 fully saturated rings. The van der Waals surface area contributed by atoms with E-state index in [4.69, 9.17) is 5.73 Å². The Hall–Kier alpha value is -0.340. The van der Waals surface area contributed by atoms with Crippen molar-refractivity contribution in [1.82, 2.24) is 4.90 Å². The first-order valence-electron chi connectivity index (χ1n) is 5.84. The van der Waals surface area contributed by atoms with Gasteiger partial charge in [0.15, 0.2) is 0 Å². The number of likely N-dealkylation sites (tertiary alicyclic amines) is 1. The third-order valence-corrected chi connectivity index (χ3v) is 3.68. The first kappa shape index (κ1) is 11.7. The Labute approximate surface area is 88.2 Å². The van der Waals surface area contributed by atoms with Gasteiger partial charge in [-0.3, -0.25) is 4.90 Å². The van der Waals surface area contributed by atoms with Crippen molar-refractivity contribution in [2.75, 3.05) is 26.2 Å². The van der Waals surface area contributed by atoms with Crippen LogP contribution in [0.1, 0.15) is 33.1 Å². The van der Waals surface area contributed by atoms with Gasteiger partial charge >= 0.3 is 0 Å². The molecule has 0 aliphatic carbocycles. The van der Waals surface area contributed by atoms with Crippen LogP contribution in [0.4, 0.5) is 0 Å². The summed E-state index contributed by atoms with van der Waals surface area (Å²) in [4.78, 5) is 2.54. The molecule has 1 heterocycles. The van der Waals surface area contributed by atoms with E-state index in [0.29, 0.717) is 12.0 Å². The summed E-state index contributed by atoms with van der Waals surface area (Å²) in [5, 5.41) is 0. The van der Waals surface area contributed by atoms with Crippen LogP contribution in [0.3, 0.4) is 0 Å². The van der Waals surface area contributed by atoms with Crippen molar-refractivity contribution in [3.63, 3.8) is 0 Å². The van der Waals surface area contributed by atoms with Gasteiger partial charge < -0.3 is 5.73 Å². The van der Waals surface area contributed by atoms with Gasteiger partial charge in [0.2, 0.25) is 0 Å². The first-order chi connectivity index (χ1) is 6.76. The number of rotatable bonds is 5. The van der Waals surface area contributed by atoms with Crippen molar-refractivity contribution in [1.29, 1.82) is 0 Å². The van der Waals surface area contributed by atoms with Gasteiger partial charge in [0.1, 0.15) is 0 Å². The van der Waals surface area contributed by atoms with Crippen LogP contribution in [-0.2, 0) is 0 Å². The normalized spacial score (nSPS) is 22.2. The fraction of sp³-hybridized carbons (Fsp3) is 0.833. The van der Waals surface area contributed by atoms with Crippen LogP contribution in [0, 0.1) is 5.41 Å². The highest BCUT2D eigenvalue weighted by molar-refractivity contribution is 4.92. The minimum atomic E-state index is 0.608. The molecule has 0 aromatic rings. The van der Waals surface area contributed by atoms with Gasteiger partial charge in [-0.05, 0) is 31.2 Å². The van der Waals surface area contributed by atoms with Gasteiger partial charge in [0, 0.05) is 19.6 Å². The molecule has 0 saturated carbocycles. The highest BCUT2D eigenvalue weighted by atomic mass is 15.1. The minimum Gasteiger partial charge on any atom is -0.327 e. The van der Waals surface area contributed by atoms with E-state index in [1.54, 1.807) is 0 Å². The number of nitrogens with zero attached hydrogens (tertiary/aromatic N) is 1. The number of hydrogen-bond donors (Lipinski definition) is 1. The summed E-state index contributed by atoms with van der Waals surface area (Å²) in [5.41, 5.74) is 6.02. The first-order valence-corrected chi connectivity index (χ1v) is 5.84. The quantitative estimate of drug-likeness (QED) is 0.682. The SMILES string of the molecule is CCC1(CC)CCN(CC=CCN)C1. The molecule has 2 nitrogen and oxygen atoms in total. The molecule has 2 heteroatoms. The second-order valence-corrected chi connectivity index (χ2v) is 4.40. The Balaban J connectivity index is 2.36. The molecule has 0 spiro atoms. The van der Waals surface area contributed by atoms with Crippen LogP contribution in [0.2, 0.25) is 0 Å². The van der Waals surface area contributed by atoms with E-state index in [2.05, 4.69) is 30.9 Å². The molecule has 0 radical (unpaired) electrons. The Bertz CT molecular complexity index is 183. The molecule has 1 saturated heterocycles. The maximum Gasteiger partial charge on any atom is 0.0163 e. The Morgan fingerprint density at radius 1 is 1.29 bits per heavy atom. The van der Waals surface area contributed by atoms with E-state index in [1.807, 2.05) is 0 Å². The van der Waals surface area contributed by atoms with Gasteiger partial charge in [-0.1, -0.05) is 26.0 Å². The molecular weight excluding hydrogens is 172 g/mol. The van der Waals surface area contributed by atoms with E-state index in [0.717, 1.165) is 6.54 Å². The third kappa shape index (κ3) is 2.82. The van der Waals surface area contributed by atoms with Crippen molar-refractivity contribution < 1.29 is 0 Å². The summed E-state index contributed by atoms with van der Waals surface area (Å²) in [6, 6.07) is 0. The zero-order valence-electron chi connectivity index (χ0n) is 9.63. The Kier molecular flexibility index (Phi) is 4.63. The number of nitrogens with two attached hydrogens (primary N) is 1. The number of hydrogen-bond acceptors (Lipinski definition) is 2. The molecule has 14 heavy (non-hydrogen) atoms. The van der Waals surface area contributed by atoms with Crippen molar-refractivity contribution in [2.24, 2.45) is 11.1 Å². The van der Waals surface area contributed by atoms with Gasteiger partial charge in [-0.2, -0.15) is 0 Å². The van der Waals surface area contributed by atoms with Gasteiger partial charge in [-0.15, -0.1) is 0 Å². The van der Waals surface area contributed by atoms with Crippen molar-refractivity contribution in [3.8, 4) is 0 Å². The van der Waals surface area contributed by atoms with E-state index in [9.17, 15) is 0 Å². The fourth-order valence-electron chi connectivity index (χ4n) is 2.33. The highest BCUT2D eigenvalue weighted by Crippen LogP contribution is 2.36. The molecule has 0 aromatic carbocycles. The van der Waals surface area contributed by atoms with Crippen molar-refractivity contribution in [3.05, 3.63) is 12.2 Å². The molecule has 82 valence electrons.